The second-order valence-electron chi connectivity index (χ2n) is 3.65. The molecule has 1 aromatic rings. The molecule has 1 rings (SSSR count). The maximum Gasteiger partial charge on any atom is 0.130 e. The highest BCUT2D eigenvalue weighted by atomic mass is 32.2. The minimum absolute atomic E-state index is 0.549. The van der Waals surface area contributed by atoms with E-state index in [0.29, 0.717) is 16.5 Å². The zero-order chi connectivity index (χ0) is 12.0. The average molecular weight is 258 g/mol. The molecule has 0 radical (unpaired) electrons. The molecule has 0 fully saturated rings. The summed E-state index contributed by atoms with van der Waals surface area (Å²) in [4.78, 5) is 7.55. The molecule has 0 saturated carbocycles. The van der Waals surface area contributed by atoms with Crippen LogP contribution in [0.4, 0.5) is 0 Å². The molecule has 1 atom stereocenters. The Kier molecular flexibility index (Phi) is 6.01. The number of rotatable bonds is 6. The Bertz CT molecular complexity index is 378. The number of thioether (sulfide) groups is 1. The van der Waals surface area contributed by atoms with E-state index in [1.165, 1.54) is 6.42 Å². The summed E-state index contributed by atoms with van der Waals surface area (Å²) in [5.74, 6) is 1.81. The van der Waals surface area contributed by atoms with Crippen LogP contribution in [0.1, 0.15) is 31.8 Å². The van der Waals surface area contributed by atoms with Crippen molar-refractivity contribution in [2.45, 2.75) is 37.9 Å². The normalized spacial score (nSPS) is 12.7. The number of H-pyrrole nitrogens is 1. The van der Waals surface area contributed by atoms with E-state index in [1.54, 1.807) is 7.11 Å². The molecule has 0 aliphatic rings. The van der Waals surface area contributed by atoms with Gasteiger partial charge in [0.25, 0.3) is 0 Å². The summed E-state index contributed by atoms with van der Waals surface area (Å²) in [6, 6.07) is 1.84. The second-order valence-corrected chi connectivity index (χ2v) is 5.50. The van der Waals surface area contributed by atoms with Crippen molar-refractivity contribution < 1.29 is 4.74 Å². The molecule has 0 aliphatic carbocycles. The number of ether oxygens (including phenoxy) is 1. The minimum atomic E-state index is 0.549. The van der Waals surface area contributed by atoms with Crippen LogP contribution in [-0.4, -0.2) is 22.3 Å². The number of nitrogens with zero attached hydrogens (tertiary/aromatic N) is 1. The number of aromatic amines is 1. The molecule has 1 heterocycles. The monoisotopic (exact) mass is 258 g/mol. The Labute approximate surface area is 106 Å². The van der Waals surface area contributed by atoms with Gasteiger partial charge in [-0.05, 0) is 12.5 Å². The van der Waals surface area contributed by atoms with Crippen LogP contribution in [-0.2, 0) is 17.1 Å². The molecule has 1 N–H and O–H groups in total. The summed E-state index contributed by atoms with van der Waals surface area (Å²) >= 11 is 7.00. The maximum atomic E-state index is 5.11. The molecule has 1 aromatic heterocycles. The van der Waals surface area contributed by atoms with Crippen LogP contribution < -0.4 is 0 Å². The molecule has 0 saturated heterocycles. The summed E-state index contributed by atoms with van der Waals surface area (Å²) in [5.41, 5.74) is 0.988. The van der Waals surface area contributed by atoms with Crippen LogP contribution >= 0.6 is 24.0 Å². The lowest BCUT2D eigenvalue weighted by Gasteiger charge is -2.08. The van der Waals surface area contributed by atoms with Crippen molar-refractivity contribution in [3.63, 3.8) is 0 Å². The van der Waals surface area contributed by atoms with E-state index in [4.69, 9.17) is 17.0 Å². The summed E-state index contributed by atoms with van der Waals surface area (Å²) < 4.78 is 5.70. The van der Waals surface area contributed by atoms with Crippen molar-refractivity contribution in [3.05, 3.63) is 22.2 Å². The predicted octanol–water partition coefficient (Wildman–Crippen LogP) is 3.32. The third-order valence-corrected chi connectivity index (χ3v) is 3.78. The Hall–Kier alpha value is -0.390. The zero-order valence-electron chi connectivity index (χ0n) is 9.95. The van der Waals surface area contributed by atoms with Crippen molar-refractivity contribution in [1.29, 1.82) is 0 Å². The predicted molar refractivity (Wildman–Crippen MR) is 71.2 cm³/mol. The molecule has 0 aromatic carbocycles. The van der Waals surface area contributed by atoms with Gasteiger partial charge in [-0.3, -0.25) is 0 Å². The number of hydrogen-bond acceptors (Lipinski definition) is 4. The van der Waals surface area contributed by atoms with Crippen LogP contribution in [0, 0.1) is 4.64 Å². The molecular weight excluding hydrogens is 240 g/mol. The fourth-order valence-corrected chi connectivity index (χ4v) is 2.27. The second kappa shape index (κ2) is 7.04. The van der Waals surface area contributed by atoms with Gasteiger partial charge in [-0.25, -0.2) is 4.98 Å². The lowest BCUT2D eigenvalue weighted by molar-refractivity contribution is 0.181. The highest BCUT2D eigenvalue weighted by molar-refractivity contribution is 7.99. The molecule has 0 bridgehead atoms. The molecular formula is C11H18N2OS2. The van der Waals surface area contributed by atoms with Gasteiger partial charge < -0.3 is 9.72 Å². The van der Waals surface area contributed by atoms with Gasteiger partial charge in [0.05, 0.1) is 12.4 Å². The summed E-state index contributed by atoms with van der Waals surface area (Å²) in [6.07, 6.45) is 1.17. The number of hydrogen-bond donors (Lipinski definition) is 1. The van der Waals surface area contributed by atoms with Crippen LogP contribution in [0.3, 0.4) is 0 Å². The van der Waals surface area contributed by atoms with Crippen molar-refractivity contribution in [3.8, 4) is 0 Å². The van der Waals surface area contributed by atoms with E-state index in [1.807, 2.05) is 17.8 Å². The van der Waals surface area contributed by atoms with E-state index >= 15 is 0 Å². The Morgan fingerprint density at radius 1 is 1.62 bits per heavy atom. The van der Waals surface area contributed by atoms with Crippen LogP contribution in [0.25, 0.3) is 0 Å². The van der Waals surface area contributed by atoms with Crippen molar-refractivity contribution >= 4 is 24.0 Å². The third-order valence-electron chi connectivity index (χ3n) is 2.23. The summed E-state index contributed by atoms with van der Waals surface area (Å²) in [5, 5.41) is 0.648. The number of aromatic nitrogens is 2. The first-order chi connectivity index (χ1) is 7.65. The molecule has 0 aliphatic heterocycles. The number of nitrogens with one attached hydrogen (secondary N) is 1. The Morgan fingerprint density at radius 3 is 3.00 bits per heavy atom. The molecule has 16 heavy (non-hydrogen) atoms. The molecule has 0 spiro atoms. The fraction of sp³-hybridized carbons (Fsp3) is 0.636. The van der Waals surface area contributed by atoms with Gasteiger partial charge in [0.1, 0.15) is 10.5 Å². The molecule has 3 nitrogen and oxygen atoms in total. The van der Waals surface area contributed by atoms with Gasteiger partial charge in [0.2, 0.25) is 0 Å². The quantitative estimate of drug-likeness (QED) is 0.794. The smallest absolute Gasteiger partial charge is 0.130 e. The molecule has 0 amide bonds. The lowest BCUT2D eigenvalue weighted by atomic mass is 10.4. The van der Waals surface area contributed by atoms with Crippen molar-refractivity contribution in [2.75, 3.05) is 7.11 Å². The minimum Gasteiger partial charge on any atom is -0.378 e. The van der Waals surface area contributed by atoms with Gasteiger partial charge >= 0.3 is 0 Å². The van der Waals surface area contributed by atoms with Crippen molar-refractivity contribution in [2.24, 2.45) is 0 Å². The first-order valence-corrected chi connectivity index (χ1v) is 6.81. The van der Waals surface area contributed by atoms with E-state index in [9.17, 15) is 0 Å². The van der Waals surface area contributed by atoms with Crippen LogP contribution in [0.2, 0.25) is 0 Å². The topological polar surface area (TPSA) is 37.9 Å². The van der Waals surface area contributed by atoms with E-state index < -0.39 is 0 Å². The highest BCUT2D eigenvalue weighted by Crippen LogP contribution is 2.17. The van der Waals surface area contributed by atoms with Gasteiger partial charge in [0, 0.05) is 18.1 Å². The van der Waals surface area contributed by atoms with E-state index in [2.05, 4.69) is 23.8 Å². The van der Waals surface area contributed by atoms with Crippen LogP contribution in [0.15, 0.2) is 6.07 Å². The third kappa shape index (κ3) is 4.63. The first kappa shape index (κ1) is 13.7. The molecule has 90 valence electrons. The van der Waals surface area contributed by atoms with Gasteiger partial charge in [-0.1, -0.05) is 26.1 Å². The highest BCUT2D eigenvalue weighted by Gasteiger charge is 2.03. The van der Waals surface area contributed by atoms with E-state index in [-0.39, 0.29) is 0 Å². The van der Waals surface area contributed by atoms with E-state index in [0.717, 1.165) is 17.3 Å². The molecule has 5 heteroatoms. The number of methoxy groups -OCH3 is 1. The largest absolute Gasteiger partial charge is 0.378 e. The summed E-state index contributed by atoms with van der Waals surface area (Å²) in [6.45, 7) is 4.96. The maximum absolute atomic E-state index is 5.11. The van der Waals surface area contributed by atoms with Crippen LogP contribution in [0.5, 0.6) is 0 Å². The van der Waals surface area contributed by atoms with Gasteiger partial charge in [-0.2, -0.15) is 11.8 Å². The first-order valence-electron chi connectivity index (χ1n) is 5.35. The molecule has 1 unspecified atom stereocenters. The van der Waals surface area contributed by atoms with Crippen molar-refractivity contribution in [1.82, 2.24) is 9.97 Å². The Balaban J connectivity index is 2.68. The fourth-order valence-electron chi connectivity index (χ4n) is 1.20. The lowest BCUT2D eigenvalue weighted by Crippen LogP contribution is -2.02. The SMILES string of the molecule is CCC(C)SCc1nc(=S)cc(COC)[nH]1. The Morgan fingerprint density at radius 2 is 2.38 bits per heavy atom. The van der Waals surface area contributed by atoms with Gasteiger partial charge in [-0.15, -0.1) is 0 Å². The standard InChI is InChI=1S/C11H18N2OS2/c1-4-8(2)16-7-10-12-9(6-14-3)5-11(15)13-10/h5,8H,4,6-7H2,1-3H3,(H,12,13,15). The van der Waals surface area contributed by atoms with Gasteiger partial charge in [0.15, 0.2) is 0 Å². The average Bonchev–Trinajstić information content (AvgIpc) is 2.25. The summed E-state index contributed by atoms with van der Waals surface area (Å²) in [7, 11) is 1.67. The zero-order valence-corrected chi connectivity index (χ0v) is 11.6.